The largest absolute Gasteiger partial charge is 0.477 e. The smallest absolute Gasteiger partial charge is 0.342 e. The van der Waals surface area contributed by atoms with Crippen LogP contribution < -0.4 is 4.90 Å². The molecule has 0 radical (unpaired) electrons. The molecule has 1 aliphatic carbocycles. The summed E-state index contributed by atoms with van der Waals surface area (Å²) in [6, 6.07) is 4.50. The van der Waals surface area contributed by atoms with E-state index in [0.717, 1.165) is 19.3 Å². The average molecular weight is 294 g/mol. The molecule has 1 fully saturated rings. The molecular formula is C14H18N2O5. The van der Waals surface area contributed by atoms with Gasteiger partial charge in [0.05, 0.1) is 4.92 Å². The van der Waals surface area contributed by atoms with E-state index in [4.69, 9.17) is 10.2 Å². The molecule has 2 rings (SSSR count). The molecule has 0 bridgehead atoms. The van der Waals surface area contributed by atoms with Crippen molar-refractivity contribution in [2.75, 3.05) is 18.1 Å². The third-order valence-corrected chi connectivity index (χ3v) is 3.81. The lowest BCUT2D eigenvalue weighted by Gasteiger charge is -2.39. The van der Waals surface area contributed by atoms with Gasteiger partial charge in [-0.1, -0.05) is 0 Å². The molecule has 0 saturated heterocycles. The van der Waals surface area contributed by atoms with Crippen LogP contribution in [0.5, 0.6) is 0 Å². The lowest BCUT2D eigenvalue weighted by atomic mass is 9.90. The van der Waals surface area contributed by atoms with Crippen LogP contribution in [0.25, 0.3) is 0 Å². The summed E-state index contributed by atoms with van der Waals surface area (Å²) in [6.07, 6.45) is 3.74. The van der Waals surface area contributed by atoms with Crippen molar-refractivity contribution in [3.63, 3.8) is 0 Å². The molecule has 21 heavy (non-hydrogen) atoms. The summed E-state index contributed by atoms with van der Waals surface area (Å²) in [5, 5.41) is 29.0. The van der Waals surface area contributed by atoms with Gasteiger partial charge in [-0.3, -0.25) is 10.1 Å². The van der Waals surface area contributed by atoms with Crippen molar-refractivity contribution in [2.45, 2.75) is 31.7 Å². The van der Waals surface area contributed by atoms with Gasteiger partial charge in [0.15, 0.2) is 0 Å². The second-order valence-electron chi connectivity index (χ2n) is 5.12. The van der Waals surface area contributed by atoms with E-state index in [9.17, 15) is 14.9 Å². The number of benzene rings is 1. The van der Waals surface area contributed by atoms with Gasteiger partial charge in [-0.15, -0.1) is 0 Å². The maximum atomic E-state index is 11.2. The predicted molar refractivity (Wildman–Crippen MR) is 76.7 cm³/mol. The Bertz CT molecular complexity index is 542. The molecule has 1 aliphatic rings. The summed E-state index contributed by atoms with van der Waals surface area (Å²) >= 11 is 0. The Balaban J connectivity index is 2.33. The fourth-order valence-corrected chi connectivity index (χ4v) is 2.50. The maximum Gasteiger partial charge on any atom is 0.342 e. The van der Waals surface area contributed by atoms with Crippen LogP contribution in [-0.2, 0) is 0 Å². The van der Waals surface area contributed by atoms with Crippen LogP contribution in [0.4, 0.5) is 11.4 Å². The van der Waals surface area contributed by atoms with Gasteiger partial charge in [0.1, 0.15) is 5.56 Å². The number of hydrogen-bond donors (Lipinski definition) is 2. The van der Waals surface area contributed by atoms with Crippen molar-refractivity contribution in [2.24, 2.45) is 0 Å². The summed E-state index contributed by atoms with van der Waals surface area (Å²) < 4.78 is 0. The Labute approximate surface area is 122 Å². The predicted octanol–water partition coefficient (Wildman–Crippen LogP) is 2.03. The van der Waals surface area contributed by atoms with Gasteiger partial charge in [-0.25, -0.2) is 4.79 Å². The third-order valence-electron chi connectivity index (χ3n) is 3.81. The van der Waals surface area contributed by atoms with E-state index in [-0.39, 0.29) is 12.2 Å². The number of carbonyl (C=O) groups is 1. The molecule has 0 aromatic heterocycles. The Hall–Kier alpha value is -2.15. The van der Waals surface area contributed by atoms with Gasteiger partial charge in [0.2, 0.25) is 0 Å². The van der Waals surface area contributed by atoms with E-state index in [1.54, 1.807) is 6.07 Å². The first kappa shape index (κ1) is 15.2. The highest BCUT2D eigenvalue weighted by molar-refractivity contribution is 5.93. The quantitative estimate of drug-likeness (QED) is 0.589. The van der Waals surface area contributed by atoms with E-state index in [1.165, 1.54) is 12.1 Å². The van der Waals surface area contributed by atoms with E-state index in [1.807, 2.05) is 4.90 Å². The molecular weight excluding hydrogens is 276 g/mol. The zero-order valence-corrected chi connectivity index (χ0v) is 11.6. The van der Waals surface area contributed by atoms with E-state index in [2.05, 4.69) is 0 Å². The number of nitro benzene ring substituents is 1. The summed E-state index contributed by atoms with van der Waals surface area (Å²) in [7, 11) is 0. The van der Waals surface area contributed by atoms with E-state index in [0.29, 0.717) is 24.7 Å². The molecule has 1 aromatic carbocycles. The highest BCUT2D eigenvalue weighted by Crippen LogP contribution is 2.32. The summed E-state index contributed by atoms with van der Waals surface area (Å²) in [5.41, 5.74) is -0.0380. The summed E-state index contributed by atoms with van der Waals surface area (Å²) in [5.74, 6) is -1.31. The lowest BCUT2D eigenvalue weighted by molar-refractivity contribution is -0.385. The number of aliphatic hydroxyl groups excluding tert-OH is 1. The number of hydrogen-bond acceptors (Lipinski definition) is 5. The Morgan fingerprint density at radius 1 is 1.43 bits per heavy atom. The number of nitrogens with zero attached hydrogens (tertiary/aromatic N) is 2. The Morgan fingerprint density at radius 2 is 2.14 bits per heavy atom. The minimum absolute atomic E-state index is 0.0575. The first-order chi connectivity index (χ1) is 10.0. The van der Waals surface area contributed by atoms with Gasteiger partial charge >= 0.3 is 5.97 Å². The molecule has 2 N–H and O–H groups in total. The van der Waals surface area contributed by atoms with Crippen molar-refractivity contribution in [3.05, 3.63) is 33.9 Å². The maximum absolute atomic E-state index is 11.2. The molecule has 114 valence electrons. The average Bonchev–Trinajstić information content (AvgIpc) is 2.40. The van der Waals surface area contributed by atoms with Gasteiger partial charge in [-0.2, -0.15) is 0 Å². The van der Waals surface area contributed by atoms with Crippen LogP contribution in [0.1, 0.15) is 36.0 Å². The number of carboxylic acids is 1. The van der Waals surface area contributed by atoms with Crippen molar-refractivity contribution in [3.8, 4) is 0 Å². The number of rotatable bonds is 7. The van der Waals surface area contributed by atoms with Crippen LogP contribution in [0.15, 0.2) is 18.2 Å². The number of anilines is 1. The first-order valence-corrected chi connectivity index (χ1v) is 6.94. The second kappa shape index (κ2) is 6.53. The molecule has 0 unspecified atom stereocenters. The molecule has 1 saturated carbocycles. The molecule has 7 heteroatoms. The molecule has 0 heterocycles. The first-order valence-electron chi connectivity index (χ1n) is 6.94. The monoisotopic (exact) mass is 294 g/mol. The number of aromatic carboxylic acids is 1. The van der Waals surface area contributed by atoms with Gasteiger partial charge in [-0.05, 0) is 37.8 Å². The second-order valence-corrected chi connectivity index (χ2v) is 5.12. The van der Waals surface area contributed by atoms with Crippen LogP contribution in [0, 0.1) is 10.1 Å². The molecule has 0 spiro atoms. The number of aliphatic hydroxyl groups is 1. The topological polar surface area (TPSA) is 104 Å². The van der Waals surface area contributed by atoms with E-state index < -0.39 is 16.6 Å². The molecule has 1 aromatic rings. The fourth-order valence-electron chi connectivity index (χ4n) is 2.50. The minimum Gasteiger partial charge on any atom is -0.477 e. The zero-order chi connectivity index (χ0) is 15.4. The fraction of sp³-hybridized carbons (Fsp3) is 0.500. The standard InChI is InChI=1S/C14H18N2O5/c17-8-2-7-15(10-3-1-4-10)11-5-6-13(16(20)21)12(9-11)14(18)19/h5-6,9-10,17H,1-4,7-8H2,(H,18,19). The normalized spacial score (nSPS) is 14.5. The highest BCUT2D eigenvalue weighted by atomic mass is 16.6. The Morgan fingerprint density at radius 3 is 2.62 bits per heavy atom. The van der Waals surface area contributed by atoms with Crippen LogP contribution in [0.3, 0.4) is 0 Å². The van der Waals surface area contributed by atoms with Crippen LogP contribution in [0.2, 0.25) is 0 Å². The van der Waals surface area contributed by atoms with Crippen LogP contribution in [-0.4, -0.2) is 40.3 Å². The molecule has 7 nitrogen and oxygen atoms in total. The van der Waals surface area contributed by atoms with Gasteiger partial charge in [0.25, 0.3) is 5.69 Å². The van der Waals surface area contributed by atoms with Gasteiger partial charge in [0, 0.05) is 30.9 Å². The summed E-state index contributed by atoms with van der Waals surface area (Å²) in [6.45, 7) is 0.667. The highest BCUT2D eigenvalue weighted by Gasteiger charge is 2.27. The van der Waals surface area contributed by atoms with Crippen molar-refractivity contribution in [1.82, 2.24) is 0 Å². The Kier molecular flexibility index (Phi) is 4.74. The molecule has 0 atom stereocenters. The minimum atomic E-state index is -1.31. The van der Waals surface area contributed by atoms with Crippen molar-refractivity contribution >= 4 is 17.3 Å². The van der Waals surface area contributed by atoms with Crippen LogP contribution >= 0.6 is 0 Å². The van der Waals surface area contributed by atoms with Gasteiger partial charge < -0.3 is 15.1 Å². The number of nitro groups is 1. The summed E-state index contributed by atoms with van der Waals surface area (Å²) in [4.78, 5) is 23.4. The van der Waals surface area contributed by atoms with Crippen molar-refractivity contribution in [1.29, 1.82) is 0 Å². The lowest BCUT2D eigenvalue weighted by Crippen LogP contribution is -2.41. The SMILES string of the molecule is O=C(O)c1cc(N(CCCO)C2CCC2)ccc1[N+](=O)[O-]. The number of carboxylic acid groups (broad SMARTS) is 1. The zero-order valence-electron chi connectivity index (χ0n) is 11.6. The molecule has 0 amide bonds. The van der Waals surface area contributed by atoms with E-state index >= 15 is 0 Å². The molecule has 0 aliphatic heterocycles. The van der Waals surface area contributed by atoms with Crippen molar-refractivity contribution < 1.29 is 19.9 Å². The third kappa shape index (κ3) is 3.30.